The predicted molar refractivity (Wildman–Crippen MR) is 56.5 cm³/mol. The molecule has 4 heteroatoms. The highest BCUT2D eigenvalue weighted by molar-refractivity contribution is 5.79. The Morgan fingerprint density at radius 2 is 2.07 bits per heavy atom. The molecule has 0 saturated carbocycles. The molecule has 15 heavy (non-hydrogen) atoms. The Morgan fingerprint density at radius 3 is 2.60 bits per heavy atom. The number of amides is 1. The van der Waals surface area contributed by atoms with Crippen LogP contribution in [0.5, 0.6) is 5.75 Å². The number of benzene rings is 1. The predicted octanol–water partition coefficient (Wildman–Crippen LogP) is 0.956. The normalized spacial score (nSPS) is 12.1. The summed E-state index contributed by atoms with van der Waals surface area (Å²) in [4.78, 5) is 11.1. The summed E-state index contributed by atoms with van der Waals surface area (Å²) in [6.07, 6.45) is -0.173. The Hall–Kier alpha value is -1.55. The van der Waals surface area contributed by atoms with Crippen molar-refractivity contribution in [2.75, 3.05) is 13.7 Å². The SMILES string of the molecule is COCCC(Oc1ccccc1)C(N)=O. The lowest BCUT2D eigenvalue weighted by Crippen LogP contribution is -2.34. The second kappa shape index (κ2) is 6.03. The van der Waals surface area contributed by atoms with Crippen molar-refractivity contribution in [3.63, 3.8) is 0 Å². The summed E-state index contributed by atoms with van der Waals surface area (Å²) in [5.74, 6) is 0.160. The van der Waals surface area contributed by atoms with Crippen molar-refractivity contribution in [1.82, 2.24) is 0 Å². The van der Waals surface area contributed by atoms with Crippen molar-refractivity contribution in [3.8, 4) is 5.75 Å². The molecule has 1 aromatic carbocycles. The number of carbonyl (C=O) groups excluding carboxylic acids is 1. The minimum atomic E-state index is -0.632. The van der Waals surface area contributed by atoms with Crippen LogP contribution in [0.4, 0.5) is 0 Å². The van der Waals surface area contributed by atoms with Gasteiger partial charge in [-0.25, -0.2) is 0 Å². The summed E-state index contributed by atoms with van der Waals surface area (Å²) >= 11 is 0. The van der Waals surface area contributed by atoms with Crippen molar-refractivity contribution in [3.05, 3.63) is 30.3 Å². The number of hydrogen-bond donors (Lipinski definition) is 1. The lowest BCUT2D eigenvalue weighted by atomic mass is 10.2. The summed E-state index contributed by atoms with van der Waals surface area (Å²) < 4.78 is 10.3. The molecule has 0 aliphatic rings. The number of hydrogen-bond acceptors (Lipinski definition) is 3. The van der Waals surface area contributed by atoms with Crippen LogP contribution < -0.4 is 10.5 Å². The van der Waals surface area contributed by atoms with Gasteiger partial charge in [-0.2, -0.15) is 0 Å². The van der Waals surface area contributed by atoms with Crippen molar-refractivity contribution >= 4 is 5.91 Å². The van der Waals surface area contributed by atoms with Gasteiger partial charge in [-0.15, -0.1) is 0 Å². The van der Waals surface area contributed by atoms with E-state index in [4.69, 9.17) is 15.2 Å². The first kappa shape index (κ1) is 11.5. The van der Waals surface area contributed by atoms with Gasteiger partial charge in [-0.3, -0.25) is 4.79 Å². The van der Waals surface area contributed by atoms with Crippen LogP contribution in [0, 0.1) is 0 Å². The molecule has 1 rings (SSSR count). The van der Waals surface area contributed by atoms with E-state index in [2.05, 4.69) is 0 Å². The van der Waals surface area contributed by atoms with E-state index in [-0.39, 0.29) is 0 Å². The molecule has 0 spiro atoms. The van der Waals surface area contributed by atoms with E-state index in [1.54, 1.807) is 19.2 Å². The molecule has 1 amide bonds. The van der Waals surface area contributed by atoms with Crippen LogP contribution >= 0.6 is 0 Å². The number of ether oxygens (including phenoxy) is 2. The van der Waals surface area contributed by atoms with Crippen LogP contribution in [0.15, 0.2) is 30.3 Å². The van der Waals surface area contributed by atoms with Crippen molar-refractivity contribution in [2.45, 2.75) is 12.5 Å². The third kappa shape index (κ3) is 3.99. The summed E-state index contributed by atoms with van der Waals surface area (Å²) in [6, 6.07) is 9.11. The van der Waals surface area contributed by atoms with Gasteiger partial charge in [-0.05, 0) is 12.1 Å². The van der Waals surface area contributed by atoms with E-state index < -0.39 is 12.0 Å². The van der Waals surface area contributed by atoms with Crippen LogP contribution in [0.1, 0.15) is 6.42 Å². The standard InChI is InChI=1S/C11H15NO3/c1-14-8-7-10(11(12)13)15-9-5-3-2-4-6-9/h2-6,10H,7-8H2,1H3,(H2,12,13). The number of rotatable bonds is 6. The Bertz CT molecular complexity index is 300. The Balaban J connectivity index is 2.55. The van der Waals surface area contributed by atoms with Crippen molar-refractivity contribution in [2.24, 2.45) is 5.73 Å². The maximum atomic E-state index is 11.1. The molecule has 1 atom stereocenters. The van der Waals surface area contributed by atoms with Gasteiger partial charge in [0.1, 0.15) is 5.75 Å². The number of nitrogens with two attached hydrogens (primary N) is 1. The summed E-state index contributed by atoms with van der Waals surface area (Å²) in [7, 11) is 1.57. The van der Waals surface area contributed by atoms with Crippen LogP contribution in [0.25, 0.3) is 0 Å². The molecular formula is C11H15NO3. The van der Waals surface area contributed by atoms with Gasteiger partial charge in [-0.1, -0.05) is 18.2 Å². The third-order valence-corrected chi connectivity index (χ3v) is 1.92. The quantitative estimate of drug-likeness (QED) is 0.759. The minimum absolute atomic E-state index is 0.445. The van der Waals surface area contributed by atoms with Crippen LogP contribution in [-0.2, 0) is 9.53 Å². The molecule has 4 nitrogen and oxygen atoms in total. The Morgan fingerprint density at radius 1 is 1.40 bits per heavy atom. The molecule has 0 fully saturated rings. The zero-order valence-electron chi connectivity index (χ0n) is 8.68. The van der Waals surface area contributed by atoms with Gasteiger partial charge in [0.05, 0.1) is 6.61 Å². The van der Waals surface area contributed by atoms with Gasteiger partial charge < -0.3 is 15.2 Å². The topological polar surface area (TPSA) is 61.6 Å². The molecule has 0 bridgehead atoms. The fourth-order valence-corrected chi connectivity index (χ4v) is 1.15. The van der Waals surface area contributed by atoms with E-state index in [1.165, 1.54) is 0 Å². The molecule has 0 aliphatic heterocycles. The van der Waals surface area contributed by atoms with Crippen molar-refractivity contribution < 1.29 is 14.3 Å². The third-order valence-electron chi connectivity index (χ3n) is 1.92. The first-order valence-corrected chi connectivity index (χ1v) is 4.74. The maximum Gasteiger partial charge on any atom is 0.258 e. The zero-order valence-corrected chi connectivity index (χ0v) is 8.68. The summed E-state index contributed by atoms with van der Waals surface area (Å²) in [5, 5.41) is 0. The number of primary amides is 1. The zero-order chi connectivity index (χ0) is 11.1. The lowest BCUT2D eigenvalue weighted by Gasteiger charge is -2.15. The molecule has 0 heterocycles. The van der Waals surface area contributed by atoms with E-state index in [0.717, 1.165) is 0 Å². The largest absolute Gasteiger partial charge is 0.481 e. The van der Waals surface area contributed by atoms with E-state index in [9.17, 15) is 4.79 Å². The van der Waals surface area contributed by atoms with Crippen LogP contribution in [0.2, 0.25) is 0 Å². The molecular weight excluding hydrogens is 194 g/mol. The highest BCUT2D eigenvalue weighted by atomic mass is 16.5. The molecule has 0 saturated heterocycles. The Labute approximate surface area is 89.0 Å². The molecule has 82 valence electrons. The van der Waals surface area contributed by atoms with Crippen LogP contribution in [0.3, 0.4) is 0 Å². The lowest BCUT2D eigenvalue weighted by molar-refractivity contribution is -0.125. The second-order valence-corrected chi connectivity index (χ2v) is 3.10. The first-order valence-electron chi connectivity index (χ1n) is 4.74. The molecule has 1 unspecified atom stereocenters. The highest BCUT2D eigenvalue weighted by Gasteiger charge is 2.16. The number of carbonyl (C=O) groups is 1. The van der Waals surface area contributed by atoms with E-state index >= 15 is 0 Å². The number of para-hydroxylation sites is 1. The van der Waals surface area contributed by atoms with Crippen molar-refractivity contribution in [1.29, 1.82) is 0 Å². The maximum absolute atomic E-state index is 11.1. The average molecular weight is 209 g/mol. The molecule has 1 aromatic rings. The minimum Gasteiger partial charge on any atom is -0.481 e. The van der Waals surface area contributed by atoms with Gasteiger partial charge in [0.2, 0.25) is 0 Å². The molecule has 0 radical (unpaired) electrons. The number of methoxy groups -OCH3 is 1. The molecule has 0 aliphatic carbocycles. The monoisotopic (exact) mass is 209 g/mol. The van der Waals surface area contributed by atoms with E-state index in [0.29, 0.717) is 18.8 Å². The average Bonchev–Trinajstić information content (AvgIpc) is 2.25. The summed E-state index contributed by atoms with van der Waals surface area (Å²) in [5.41, 5.74) is 5.21. The fourth-order valence-electron chi connectivity index (χ4n) is 1.15. The van der Waals surface area contributed by atoms with Gasteiger partial charge in [0, 0.05) is 13.5 Å². The summed E-state index contributed by atoms with van der Waals surface area (Å²) in [6.45, 7) is 0.445. The smallest absolute Gasteiger partial charge is 0.258 e. The van der Waals surface area contributed by atoms with E-state index in [1.807, 2.05) is 18.2 Å². The van der Waals surface area contributed by atoms with Crippen LogP contribution in [-0.4, -0.2) is 25.7 Å². The van der Waals surface area contributed by atoms with Gasteiger partial charge in [0.15, 0.2) is 6.10 Å². The molecule has 0 aromatic heterocycles. The Kier molecular flexibility index (Phi) is 4.63. The first-order chi connectivity index (χ1) is 7.24. The van der Waals surface area contributed by atoms with Gasteiger partial charge in [0.25, 0.3) is 5.91 Å². The molecule has 2 N–H and O–H groups in total. The van der Waals surface area contributed by atoms with Gasteiger partial charge >= 0.3 is 0 Å². The second-order valence-electron chi connectivity index (χ2n) is 3.10. The highest BCUT2D eigenvalue weighted by Crippen LogP contribution is 2.12. The fraction of sp³-hybridized carbons (Fsp3) is 0.364.